The van der Waals surface area contributed by atoms with Crippen LogP contribution in [0.1, 0.15) is 96.4 Å². The summed E-state index contributed by atoms with van der Waals surface area (Å²) in [7, 11) is 0. The van der Waals surface area contributed by atoms with Crippen molar-refractivity contribution in [2.24, 2.45) is 10.9 Å². The Hall–Kier alpha value is -2.42. The number of pyridine rings is 1. The van der Waals surface area contributed by atoms with Gasteiger partial charge in [0.2, 0.25) is 0 Å². The molecule has 0 radical (unpaired) electrons. The number of hydrogen-bond acceptors (Lipinski definition) is 3. The minimum Gasteiger partial charge on any atom is -0.382 e. The molecule has 184 valence electrons. The minimum absolute atomic E-state index is 0.00542. The van der Waals surface area contributed by atoms with Gasteiger partial charge in [0, 0.05) is 34.6 Å². The average molecular weight is 460 g/mol. The molecular weight excluding hydrogens is 414 g/mol. The van der Waals surface area contributed by atoms with Crippen LogP contribution in [0.15, 0.2) is 41.9 Å². The molecule has 0 amide bonds. The Morgan fingerprint density at radius 1 is 1.12 bits per heavy atom. The first kappa shape index (κ1) is 26.2. The first-order valence-corrected chi connectivity index (χ1v) is 13.4. The minimum atomic E-state index is 0.00542. The van der Waals surface area contributed by atoms with E-state index < -0.39 is 0 Å². The Bertz CT molecular complexity index is 992. The fourth-order valence-corrected chi connectivity index (χ4v) is 5.65. The van der Waals surface area contributed by atoms with Gasteiger partial charge >= 0.3 is 0 Å². The highest BCUT2D eigenvalue weighted by atomic mass is 14.9. The molecule has 3 heteroatoms. The maximum absolute atomic E-state index is 5.10. The predicted molar refractivity (Wildman–Crippen MR) is 150 cm³/mol. The van der Waals surface area contributed by atoms with Crippen LogP contribution in [0.4, 0.5) is 11.4 Å². The van der Waals surface area contributed by atoms with E-state index in [2.05, 4.69) is 81.8 Å². The van der Waals surface area contributed by atoms with Crippen molar-refractivity contribution in [3.63, 3.8) is 0 Å². The largest absolute Gasteiger partial charge is 0.382 e. The lowest BCUT2D eigenvalue weighted by molar-refractivity contribution is 0.308. The number of aliphatic imine (C=N–C) groups is 1. The number of anilines is 1. The van der Waals surface area contributed by atoms with Gasteiger partial charge in [-0.1, -0.05) is 65.2 Å². The van der Waals surface area contributed by atoms with Crippen molar-refractivity contribution in [1.82, 2.24) is 4.98 Å². The van der Waals surface area contributed by atoms with Crippen LogP contribution < -0.4 is 5.32 Å². The van der Waals surface area contributed by atoms with E-state index in [0.717, 1.165) is 67.1 Å². The molecular formula is C31H45N3. The zero-order chi connectivity index (χ0) is 24.7. The molecule has 3 rings (SSSR count). The maximum Gasteiger partial charge on any atom is 0.0727 e. The summed E-state index contributed by atoms with van der Waals surface area (Å²) >= 11 is 0. The Labute approximate surface area is 208 Å². The van der Waals surface area contributed by atoms with Crippen LogP contribution in [-0.2, 0) is 11.8 Å². The van der Waals surface area contributed by atoms with Crippen LogP contribution >= 0.6 is 0 Å². The molecule has 1 N–H and O–H groups in total. The molecule has 3 nitrogen and oxygen atoms in total. The fraction of sp³-hybridized carbons (Fsp3) is 0.548. The summed E-state index contributed by atoms with van der Waals surface area (Å²) in [5.74, 6) is 0.810. The molecule has 0 atom stereocenters. The van der Waals surface area contributed by atoms with Crippen molar-refractivity contribution in [2.75, 3.05) is 5.32 Å². The van der Waals surface area contributed by atoms with Crippen molar-refractivity contribution >= 4 is 17.6 Å². The van der Waals surface area contributed by atoms with E-state index in [0.29, 0.717) is 6.04 Å². The number of nitrogens with one attached hydrogen (secondary N) is 1. The Morgan fingerprint density at radius 2 is 1.82 bits per heavy atom. The maximum atomic E-state index is 5.10. The molecule has 1 saturated carbocycles. The Morgan fingerprint density at radius 3 is 2.38 bits per heavy atom. The van der Waals surface area contributed by atoms with Crippen LogP contribution in [0.2, 0.25) is 0 Å². The van der Waals surface area contributed by atoms with E-state index in [4.69, 9.17) is 4.98 Å². The SMILES string of the molecule is C=CC(CCC)(CCC)c1ccc(-c2cc(N=CC)c(C)c(CCC)n2)cc1NC1CC(C)C1. The second-order valence-electron chi connectivity index (χ2n) is 10.3. The quantitative estimate of drug-likeness (QED) is 0.254. The van der Waals surface area contributed by atoms with Crippen LogP contribution in [-0.4, -0.2) is 17.2 Å². The number of nitrogens with zero attached hydrogens (tertiary/aromatic N) is 2. The molecule has 1 heterocycles. The smallest absolute Gasteiger partial charge is 0.0727 e. The van der Waals surface area contributed by atoms with Crippen molar-refractivity contribution in [1.29, 1.82) is 0 Å². The van der Waals surface area contributed by atoms with E-state index >= 15 is 0 Å². The number of hydrogen-bond donors (Lipinski definition) is 1. The standard InChI is InChI=1S/C31H45N3/c1-8-13-27-23(7)28(32-12-5)21-29(34-27)24-14-15-26(31(11-4,16-9-2)17-10-3)30(20-24)33-25-18-22(6)19-25/h11-12,14-15,20-22,25,33H,4,8-10,13,16-19H2,1-3,5-7H3. The van der Waals surface area contributed by atoms with E-state index in [1.165, 1.54) is 29.7 Å². The lowest BCUT2D eigenvalue weighted by Gasteiger charge is -2.38. The molecule has 0 spiro atoms. The lowest BCUT2D eigenvalue weighted by Crippen LogP contribution is -2.35. The first-order valence-electron chi connectivity index (χ1n) is 13.4. The highest BCUT2D eigenvalue weighted by Crippen LogP contribution is 2.43. The summed E-state index contributed by atoms with van der Waals surface area (Å²) in [6, 6.07) is 9.65. The zero-order valence-electron chi connectivity index (χ0n) is 22.4. The second-order valence-corrected chi connectivity index (χ2v) is 10.3. The number of rotatable bonds is 12. The third kappa shape index (κ3) is 5.62. The van der Waals surface area contributed by atoms with E-state index in [-0.39, 0.29) is 5.41 Å². The summed E-state index contributed by atoms with van der Waals surface area (Å²) in [5.41, 5.74) is 8.21. The monoisotopic (exact) mass is 459 g/mol. The molecule has 0 unspecified atom stereocenters. The van der Waals surface area contributed by atoms with Crippen molar-refractivity contribution in [3.05, 3.63) is 53.7 Å². The summed E-state index contributed by atoms with van der Waals surface area (Å²) in [5, 5.41) is 3.93. The molecule has 0 aliphatic heterocycles. The van der Waals surface area contributed by atoms with Gasteiger partial charge in [0.1, 0.15) is 0 Å². The Kier molecular flexibility index (Phi) is 9.10. The summed E-state index contributed by atoms with van der Waals surface area (Å²) in [6.45, 7) is 17.6. The number of benzene rings is 1. The van der Waals surface area contributed by atoms with Crippen LogP contribution in [0.3, 0.4) is 0 Å². The van der Waals surface area contributed by atoms with Crippen molar-refractivity contribution < 1.29 is 0 Å². The molecule has 0 bridgehead atoms. The average Bonchev–Trinajstić information content (AvgIpc) is 2.80. The van der Waals surface area contributed by atoms with Gasteiger partial charge < -0.3 is 5.32 Å². The summed E-state index contributed by atoms with van der Waals surface area (Å²) < 4.78 is 0. The van der Waals surface area contributed by atoms with Crippen molar-refractivity contribution in [2.45, 2.75) is 104 Å². The van der Waals surface area contributed by atoms with Gasteiger partial charge in [-0.25, -0.2) is 0 Å². The highest BCUT2D eigenvalue weighted by Gasteiger charge is 2.32. The first-order chi connectivity index (χ1) is 16.4. The molecule has 34 heavy (non-hydrogen) atoms. The van der Waals surface area contributed by atoms with Gasteiger partial charge in [-0.15, -0.1) is 6.58 Å². The topological polar surface area (TPSA) is 37.3 Å². The summed E-state index contributed by atoms with van der Waals surface area (Å²) in [4.78, 5) is 9.77. The Balaban J connectivity index is 2.14. The molecule has 1 aromatic heterocycles. The highest BCUT2D eigenvalue weighted by molar-refractivity contribution is 5.73. The van der Waals surface area contributed by atoms with Gasteiger partial charge in [0.05, 0.1) is 11.4 Å². The molecule has 2 aromatic rings. The van der Waals surface area contributed by atoms with Gasteiger partial charge in [-0.3, -0.25) is 9.98 Å². The van der Waals surface area contributed by atoms with Gasteiger partial charge in [-0.05, 0) is 75.1 Å². The zero-order valence-corrected chi connectivity index (χ0v) is 22.4. The van der Waals surface area contributed by atoms with Gasteiger partial charge in [0.15, 0.2) is 0 Å². The number of aromatic nitrogens is 1. The van der Waals surface area contributed by atoms with E-state index in [1.807, 2.05) is 13.1 Å². The molecule has 0 saturated heterocycles. The number of aryl methyl sites for hydroxylation is 1. The van der Waals surface area contributed by atoms with Crippen LogP contribution in [0, 0.1) is 12.8 Å². The fourth-order valence-electron chi connectivity index (χ4n) is 5.65. The predicted octanol–water partition coefficient (Wildman–Crippen LogP) is 8.97. The number of allylic oxidation sites excluding steroid dienone is 1. The molecule has 1 aliphatic rings. The van der Waals surface area contributed by atoms with Crippen LogP contribution in [0.25, 0.3) is 11.3 Å². The van der Waals surface area contributed by atoms with Gasteiger partial charge in [0.25, 0.3) is 0 Å². The third-order valence-corrected chi connectivity index (χ3v) is 7.47. The summed E-state index contributed by atoms with van der Waals surface area (Å²) in [6.07, 6.45) is 13.2. The molecule has 1 aliphatic carbocycles. The van der Waals surface area contributed by atoms with Crippen molar-refractivity contribution in [3.8, 4) is 11.3 Å². The third-order valence-electron chi connectivity index (χ3n) is 7.47. The molecule has 1 fully saturated rings. The van der Waals surface area contributed by atoms with E-state index in [1.54, 1.807) is 0 Å². The van der Waals surface area contributed by atoms with E-state index in [9.17, 15) is 0 Å². The lowest BCUT2D eigenvalue weighted by atomic mass is 9.72. The van der Waals surface area contributed by atoms with Crippen LogP contribution in [0.5, 0.6) is 0 Å². The normalized spacial score (nSPS) is 18.2. The second kappa shape index (κ2) is 11.8. The van der Waals surface area contributed by atoms with Gasteiger partial charge in [-0.2, -0.15) is 0 Å². The molecule has 1 aromatic carbocycles.